The molecular formula is C7H10O5. The number of aliphatic hydroxyl groups excluding tert-OH is 1. The lowest BCUT2D eigenvalue weighted by Crippen LogP contribution is -2.35. The van der Waals surface area contributed by atoms with Crippen LogP contribution in [-0.4, -0.2) is 35.4 Å². The Morgan fingerprint density at radius 2 is 1.92 bits per heavy atom. The summed E-state index contributed by atoms with van der Waals surface area (Å²) >= 11 is 0. The first-order valence-electron chi connectivity index (χ1n) is 3.40. The van der Waals surface area contributed by atoms with Crippen molar-refractivity contribution in [1.29, 1.82) is 0 Å². The van der Waals surface area contributed by atoms with Crippen LogP contribution in [0.15, 0.2) is 0 Å². The number of ketones is 2. The van der Waals surface area contributed by atoms with Gasteiger partial charge in [0, 0.05) is 0 Å². The number of carbonyl (C=O) groups is 3. The van der Waals surface area contributed by atoms with E-state index >= 15 is 0 Å². The highest BCUT2D eigenvalue weighted by atomic mass is 16.5. The van der Waals surface area contributed by atoms with Gasteiger partial charge in [-0.1, -0.05) is 0 Å². The molecule has 5 heteroatoms. The molecule has 68 valence electrons. The fourth-order valence-corrected chi connectivity index (χ4v) is 0.498. The SMILES string of the molecule is CCOC(=O)C(=O)C(O)C(C)=O. The van der Waals surface area contributed by atoms with E-state index in [0.29, 0.717) is 0 Å². The Balaban J connectivity index is 4.19. The molecule has 0 aromatic rings. The molecule has 1 unspecified atom stereocenters. The van der Waals surface area contributed by atoms with E-state index in [1.165, 1.54) is 6.92 Å². The third-order valence-corrected chi connectivity index (χ3v) is 1.11. The quantitative estimate of drug-likeness (QED) is 0.338. The molecule has 0 aromatic carbocycles. The molecule has 0 heterocycles. The molecule has 0 amide bonds. The van der Waals surface area contributed by atoms with Crippen molar-refractivity contribution in [2.75, 3.05) is 6.61 Å². The molecule has 1 N–H and O–H groups in total. The monoisotopic (exact) mass is 174 g/mol. The third kappa shape index (κ3) is 2.79. The highest BCUT2D eigenvalue weighted by Gasteiger charge is 2.27. The number of esters is 1. The summed E-state index contributed by atoms with van der Waals surface area (Å²) in [7, 11) is 0. The number of hydrogen-bond donors (Lipinski definition) is 1. The van der Waals surface area contributed by atoms with Crippen LogP contribution in [0.5, 0.6) is 0 Å². The van der Waals surface area contributed by atoms with Crippen LogP contribution in [0, 0.1) is 0 Å². The van der Waals surface area contributed by atoms with Gasteiger partial charge < -0.3 is 9.84 Å². The zero-order valence-corrected chi connectivity index (χ0v) is 6.86. The minimum absolute atomic E-state index is 0.0369. The van der Waals surface area contributed by atoms with Gasteiger partial charge in [-0.25, -0.2) is 4.79 Å². The van der Waals surface area contributed by atoms with Crippen LogP contribution in [0.25, 0.3) is 0 Å². The van der Waals surface area contributed by atoms with Crippen molar-refractivity contribution in [2.45, 2.75) is 20.0 Å². The largest absolute Gasteiger partial charge is 0.460 e. The summed E-state index contributed by atoms with van der Waals surface area (Å²) in [6.07, 6.45) is -1.89. The van der Waals surface area contributed by atoms with E-state index in [0.717, 1.165) is 6.92 Å². The van der Waals surface area contributed by atoms with Gasteiger partial charge in [0.05, 0.1) is 6.61 Å². The van der Waals surface area contributed by atoms with E-state index in [1.807, 2.05) is 0 Å². The Labute approximate surface area is 69.3 Å². The van der Waals surface area contributed by atoms with Gasteiger partial charge in [-0.15, -0.1) is 0 Å². The average Bonchev–Trinajstić information content (AvgIpc) is 2.02. The molecule has 0 bridgehead atoms. The summed E-state index contributed by atoms with van der Waals surface area (Å²) in [6, 6.07) is 0. The van der Waals surface area contributed by atoms with Crippen LogP contribution in [0.1, 0.15) is 13.8 Å². The first-order chi connectivity index (χ1) is 5.50. The van der Waals surface area contributed by atoms with Crippen LogP contribution in [-0.2, 0) is 19.1 Å². The first-order valence-corrected chi connectivity index (χ1v) is 3.40. The molecule has 0 rings (SSSR count). The second-order valence-electron chi connectivity index (χ2n) is 2.10. The third-order valence-electron chi connectivity index (χ3n) is 1.11. The molecule has 0 spiro atoms. The van der Waals surface area contributed by atoms with Gasteiger partial charge in [0.1, 0.15) is 0 Å². The van der Waals surface area contributed by atoms with Crippen molar-refractivity contribution in [3.63, 3.8) is 0 Å². The molecule has 0 radical (unpaired) electrons. The molecule has 0 aliphatic rings. The Bertz CT molecular complexity index is 208. The normalized spacial score (nSPS) is 11.9. The zero-order chi connectivity index (χ0) is 9.72. The van der Waals surface area contributed by atoms with Crippen molar-refractivity contribution in [2.24, 2.45) is 0 Å². The number of carbonyl (C=O) groups excluding carboxylic acids is 3. The number of aliphatic hydroxyl groups is 1. The van der Waals surface area contributed by atoms with Gasteiger partial charge in [-0.3, -0.25) is 9.59 Å². The molecule has 0 fully saturated rings. The van der Waals surface area contributed by atoms with E-state index in [-0.39, 0.29) is 6.61 Å². The van der Waals surface area contributed by atoms with Gasteiger partial charge in [0.25, 0.3) is 5.78 Å². The fourth-order valence-electron chi connectivity index (χ4n) is 0.498. The lowest BCUT2D eigenvalue weighted by molar-refractivity contribution is -0.159. The maximum atomic E-state index is 10.7. The Morgan fingerprint density at radius 1 is 1.42 bits per heavy atom. The van der Waals surface area contributed by atoms with Gasteiger partial charge >= 0.3 is 5.97 Å². The number of hydrogen-bond acceptors (Lipinski definition) is 5. The van der Waals surface area contributed by atoms with Crippen molar-refractivity contribution in [3.05, 3.63) is 0 Å². The van der Waals surface area contributed by atoms with Crippen LogP contribution >= 0.6 is 0 Å². The minimum Gasteiger partial charge on any atom is -0.460 e. The summed E-state index contributed by atoms with van der Waals surface area (Å²) in [4.78, 5) is 31.7. The molecule has 0 aliphatic heterocycles. The van der Waals surface area contributed by atoms with Crippen molar-refractivity contribution in [3.8, 4) is 0 Å². The average molecular weight is 174 g/mol. The van der Waals surface area contributed by atoms with Gasteiger partial charge in [0.15, 0.2) is 11.9 Å². The van der Waals surface area contributed by atoms with Gasteiger partial charge in [-0.2, -0.15) is 0 Å². The predicted octanol–water partition coefficient (Wildman–Crippen LogP) is -0.931. The summed E-state index contributed by atoms with van der Waals surface area (Å²) < 4.78 is 4.27. The molecule has 0 saturated carbocycles. The number of ether oxygens (including phenoxy) is 1. The molecule has 0 aromatic heterocycles. The van der Waals surface area contributed by atoms with Crippen molar-refractivity contribution in [1.82, 2.24) is 0 Å². The summed E-state index contributed by atoms with van der Waals surface area (Å²) in [5, 5.41) is 8.79. The summed E-state index contributed by atoms with van der Waals surface area (Å²) in [5.74, 6) is -3.17. The summed E-state index contributed by atoms with van der Waals surface area (Å²) in [5.41, 5.74) is 0. The second-order valence-corrected chi connectivity index (χ2v) is 2.10. The molecule has 12 heavy (non-hydrogen) atoms. The predicted molar refractivity (Wildman–Crippen MR) is 38.3 cm³/mol. The van der Waals surface area contributed by atoms with E-state index in [1.54, 1.807) is 0 Å². The highest BCUT2D eigenvalue weighted by Crippen LogP contribution is 1.91. The van der Waals surface area contributed by atoms with Crippen molar-refractivity contribution < 1.29 is 24.2 Å². The lowest BCUT2D eigenvalue weighted by Gasteiger charge is -2.03. The standard InChI is InChI=1S/C7H10O5/c1-3-12-7(11)6(10)5(9)4(2)8/h5,9H,3H2,1-2H3. The van der Waals surface area contributed by atoms with E-state index < -0.39 is 23.6 Å². The van der Waals surface area contributed by atoms with Crippen LogP contribution in [0.4, 0.5) is 0 Å². The topological polar surface area (TPSA) is 80.7 Å². The molecule has 1 atom stereocenters. The van der Waals surface area contributed by atoms with E-state index in [4.69, 9.17) is 5.11 Å². The minimum atomic E-state index is -1.89. The van der Waals surface area contributed by atoms with Crippen LogP contribution < -0.4 is 0 Å². The van der Waals surface area contributed by atoms with Crippen LogP contribution in [0.3, 0.4) is 0 Å². The summed E-state index contributed by atoms with van der Waals surface area (Å²) in [6.45, 7) is 2.57. The zero-order valence-electron chi connectivity index (χ0n) is 6.86. The second kappa shape index (κ2) is 4.61. The molecular weight excluding hydrogens is 164 g/mol. The van der Waals surface area contributed by atoms with Crippen molar-refractivity contribution >= 4 is 17.5 Å². The maximum Gasteiger partial charge on any atom is 0.377 e. The fraction of sp³-hybridized carbons (Fsp3) is 0.571. The Kier molecular flexibility index (Phi) is 4.14. The lowest BCUT2D eigenvalue weighted by atomic mass is 10.2. The maximum absolute atomic E-state index is 10.7. The highest BCUT2D eigenvalue weighted by molar-refractivity contribution is 6.39. The molecule has 0 aliphatic carbocycles. The Morgan fingerprint density at radius 3 is 2.25 bits per heavy atom. The molecule has 5 nitrogen and oxygen atoms in total. The smallest absolute Gasteiger partial charge is 0.377 e. The first kappa shape index (κ1) is 10.8. The Hall–Kier alpha value is -1.23. The van der Waals surface area contributed by atoms with Gasteiger partial charge in [0.2, 0.25) is 0 Å². The van der Waals surface area contributed by atoms with E-state index in [9.17, 15) is 14.4 Å². The van der Waals surface area contributed by atoms with E-state index in [2.05, 4.69) is 4.74 Å². The number of Topliss-reactive ketones (excluding diaryl/α,β-unsaturated/α-hetero) is 2. The number of rotatable bonds is 4. The van der Waals surface area contributed by atoms with Gasteiger partial charge in [-0.05, 0) is 13.8 Å². The molecule has 0 saturated heterocycles. The van der Waals surface area contributed by atoms with Crippen LogP contribution in [0.2, 0.25) is 0 Å².